The third kappa shape index (κ3) is 2.90. The zero-order valence-corrected chi connectivity index (χ0v) is 10.4. The molecule has 0 aromatic heterocycles. The fraction of sp³-hybridized carbons (Fsp3) is 0.462. The third-order valence-corrected chi connectivity index (χ3v) is 3.04. The second kappa shape index (κ2) is 5.08. The van der Waals surface area contributed by atoms with E-state index < -0.39 is 0 Å². The van der Waals surface area contributed by atoms with Crippen LogP contribution in [-0.2, 0) is 0 Å². The summed E-state index contributed by atoms with van der Waals surface area (Å²) in [4.78, 5) is 15.4. The summed E-state index contributed by atoms with van der Waals surface area (Å²) < 4.78 is 0. The van der Waals surface area contributed by atoms with Crippen LogP contribution < -0.4 is 10.2 Å². The summed E-state index contributed by atoms with van der Waals surface area (Å²) in [7, 11) is 3.53. The predicted octanol–water partition coefficient (Wildman–Crippen LogP) is 1.54. The monoisotopic (exact) mass is 233 g/mol. The van der Waals surface area contributed by atoms with Crippen molar-refractivity contribution in [1.82, 2.24) is 10.2 Å². The molecule has 4 heteroatoms. The van der Waals surface area contributed by atoms with Crippen molar-refractivity contribution in [2.75, 3.05) is 32.1 Å². The van der Waals surface area contributed by atoms with Gasteiger partial charge in [-0.05, 0) is 18.6 Å². The number of carbonyl (C=O) groups is 1. The minimum Gasteiger partial charge on any atom is -0.369 e. The van der Waals surface area contributed by atoms with E-state index >= 15 is 0 Å². The second-order valence-corrected chi connectivity index (χ2v) is 4.61. The number of para-hydroxylation sites is 1. The van der Waals surface area contributed by atoms with Gasteiger partial charge in [0.1, 0.15) is 0 Å². The highest BCUT2D eigenvalue weighted by atomic mass is 16.2. The van der Waals surface area contributed by atoms with Gasteiger partial charge in [0.15, 0.2) is 0 Å². The first-order valence-electron chi connectivity index (χ1n) is 5.94. The molecule has 1 heterocycles. The first-order chi connectivity index (χ1) is 8.16. The largest absolute Gasteiger partial charge is 0.369 e. The summed E-state index contributed by atoms with van der Waals surface area (Å²) in [6, 6.07) is 10.6. The lowest BCUT2D eigenvalue weighted by Gasteiger charge is -2.20. The minimum atomic E-state index is -0.00934. The van der Waals surface area contributed by atoms with E-state index in [0.29, 0.717) is 0 Å². The van der Waals surface area contributed by atoms with Crippen LogP contribution in [0.4, 0.5) is 10.5 Å². The van der Waals surface area contributed by atoms with Crippen LogP contribution in [0, 0.1) is 0 Å². The van der Waals surface area contributed by atoms with Gasteiger partial charge in [0, 0.05) is 38.9 Å². The molecule has 1 aromatic carbocycles. The highest BCUT2D eigenvalue weighted by Crippen LogP contribution is 2.19. The van der Waals surface area contributed by atoms with Crippen molar-refractivity contribution < 1.29 is 4.79 Å². The molecule has 1 aliphatic heterocycles. The molecule has 1 saturated heterocycles. The van der Waals surface area contributed by atoms with Crippen LogP contribution in [0.2, 0.25) is 0 Å². The van der Waals surface area contributed by atoms with Crippen LogP contribution in [0.1, 0.15) is 6.42 Å². The molecule has 1 aromatic rings. The van der Waals surface area contributed by atoms with E-state index in [1.807, 2.05) is 18.2 Å². The SMILES string of the molecule is CN(C)C(=O)NC1CCN(c2ccccc2)C1. The molecule has 1 fully saturated rings. The Hall–Kier alpha value is -1.71. The molecule has 1 N–H and O–H groups in total. The number of nitrogens with one attached hydrogen (secondary N) is 1. The summed E-state index contributed by atoms with van der Waals surface area (Å²) >= 11 is 0. The Kier molecular flexibility index (Phi) is 3.52. The Morgan fingerprint density at radius 3 is 2.71 bits per heavy atom. The van der Waals surface area contributed by atoms with Gasteiger partial charge in [-0.3, -0.25) is 0 Å². The summed E-state index contributed by atoms with van der Waals surface area (Å²) in [6.45, 7) is 1.89. The van der Waals surface area contributed by atoms with Crippen molar-refractivity contribution in [3.63, 3.8) is 0 Å². The van der Waals surface area contributed by atoms with Crippen molar-refractivity contribution in [2.45, 2.75) is 12.5 Å². The van der Waals surface area contributed by atoms with E-state index in [0.717, 1.165) is 19.5 Å². The number of nitrogens with zero attached hydrogens (tertiary/aromatic N) is 2. The number of hydrogen-bond donors (Lipinski definition) is 1. The molecule has 2 amide bonds. The second-order valence-electron chi connectivity index (χ2n) is 4.61. The van der Waals surface area contributed by atoms with Crippen molar-refractivity contribution in [3.05, 3.63) is 30.3 Å². The Morgan fingerprint density at radius 1 is 1.35 bits per heavy atom. The molecular formula is C13H19N3O. The van der Waals surface area contributed by atoms with Crippen LogP contribution in [0.15, 0.2) is 30.3 Å². The molecule has 92 valence electrons. The number of rotatable bonds is 2. The van der Waals surface area contributed by atoms with Gasteiger partial charge in [-0.15, -0.1) is 0 Å². The quantitative estimate of drug-likeness (QED) is 0.841. The number of amides is 2. The number of carbonyl (C=O) groups excluding carboxylic acids is 1. The number of urea groups is 1. The Bertz CT molecular complexity index is 378. The maximum Gasteiger partial charge on any atom is 0.317 e. The fourth-order valence-electron chi connectivity index (χ4n) is 2.06. The van der Waals surface area contributed by atoms with Crippen LogP contribution >= 0.6 is 0 Å². The number of benzene rings is 1. The Balaban J connectivity index is 1.90. The van der Waals surface area contributed by atoms with E-state index in [1.165, 1.54) is 5.69 Å². The normalized spacial score (nSPS) is 19.2. The van der Waals surface area contributed by atoms with Crippen LogP contribution in [0.25, 0.3) is 0 Å². The number of anilines is 1. The fourth-order valence-corrected chi connectivity index (χ4v) is 2.06. The van der Waals surface area contributed by atoms with Gasteiger partial charge in [0.05, 0.1) is 0 Å². The molecule has 0 saturated carbocycles. The van der Waals surface area contributed by atoms with E-state index in [2.05, 4.69) is 22.3 Å². The zero-order valence-electron chi connectivity index (χ0n) is 10.4. The summed E-state index contributed by atoms with van der Waals surface area (Å²) in [5.74, 6) is 0. The van der Waals surface area contributed by atoms with Gasteiger partial charge in [-0.2, -0.15) is 0 Å². The topological polar surface area (TPSA) is 35.6 Å². The van der Waals surface area contributed by atoms with E-state index in [1.54, 1.807) is 19.0 Å². The van der Waals surface area contributed by atoms with Crippen molar-refractivity contribution in [2.24, 2.45) is 0 Å². The molecule has 17 heavy (non-hydrogen) atoms. The van der Waals surface area contributed by atoms with Crippen LogP contribution in [0.3, 0.4) is 0 Å². The first kappa shape index (κ1) is 11.8. The molecule has 1 atom stereocenters. The smallest absolute Gasteiger partial charge is 0.317 e. The maximum atomic E-state index is 11.5. The van der Waals surface area contributed by atoms with Gasteiger partial charge >= 0.3 is 6.03 Å². The lowest BCUT2D eigenvalue weighted by atomic mass is 10.3. The van der Waals surface area contributed by atoms with Crippen LogP contribution in [-0.4, -0.2) is 44.2 Å². The minimum absolute atomic E-state index is 0.00934. The van der Waals surface area contributed by atoms with E-state index in [4.69, 9.17) is 0 Å². The Labute approximate surface area is 102 Å². The van der Waals surface area contributed by atoms with Gasteiger partial charge in [0.2, 0.25) is 0 Å². The lowest BCUT2D eigenvalue weighted by Crippen LogP contribution is -2.42. The molecule has 0 bridgehead atoms. The van der Waals surface area contributed by atoms with E-state index in [-0.39, 0.29) is 12.1 Å². The molecular weight excluding hydrogens is 214 g/mol. The average Bonchev–Trinajstić information content (AvgIpc) is 2.78. The summed E-state index contributed by atoms with van der Waals surface area (Å²) in [5, 5.41) is 3.02. The number of hydrogen-bond acceptors (Lipinski definition) is 2. The highest BCUT2D eigenvalue weighted by molar-refractivity contribution is 5.74. The molecule has 0 aliphatic carbocycles. The molecule has 4 nitrogen and oxygen atoms in total. The standard InChI is InChI=1S/C13H19N3O/c1-15(2)13(17)14-11-8-9-16(10-11)12-6-4-3-5-7-12/h3-7,11H,8-10H2,1-2H3,(H,14,17). The van der Waals surface area contributed by atoms with Crippen LogP contribution in [0.5, 0.6) is 0 Å². The van der Waals surface area contributed by atoms with Crippen molar-refractivity contribution in [3.8, 4) is 0 Å². The van der Waals surface area contributed by atoms with Gasteiger partial charge < -0.3 is 15.1 Å². The third-order valence-electron chi connectivity index (χ3n) is 3.04. The van der Waals surface area contributed by atoms with Crippen molar-refractivity contribution >= 4 is 11.7 Å². The molecule has 1 unspecified atom stereocenters. The predicted molar refractivity (Wildman–Crippen MR) is 69.3 cm³/mol. The zero-order chi connectivity index (χ0) is 12.3. The molecule has 0 radical (unpaired) electrons. The molecule has 2 rings (SSSR count). The summed E-state index contributed by atoms with van der Waals surface area (Å²) in [5.41, 5.74) is 1.23. The maximum absolute atomic E-state index is 11.5. The average molecular weight is 233 g/mol. The Morgan fingerprint density at radius 2 is 2.06 bits per heavy atom. The lowest BCUT2D eigenvalue weighted by molar-refractivity contribution is 0.214. The van der Waals surface area contributed by atoms with Crippen molar-refractivity contribution in [1.29, 1.82) is 0 Å². The van der Waals surface area contributed by atoms with Gasteiger partial charge in [-0.1, -0.05) is 18.2 Å². The van der Waals surface area contributed by atoms with Gasteiger partial charge in [-0.25, -0.2) is 4.79 Å². The molecule has 0 spiro atoms. The summed E-state index contributed by atoms with van der Waals surface area (Å²) in [6.07, 6.45) is 1.01. The van der Waals surface area contributed by atoms with E-state index in [9.17, 15) is 4.79 Å². The molecule has 1 aliphatic rings. The van der Waals surface area contributed by atoms with Gasteiger partial charge in [0.25, 0.3) is 0 Å². The first-order valence-corrected chi connectivity index (χ1v) is 5.94. The highest BCUT2D eigenvalue weighted by Gasteiger charge is 2.24.